The monoisotopic (exact) mass is 223 g/mol. The molecule has 0 aliphatic carbocycles. The number of ether oxygens (including phenoxy) is 2. The van der Waals surface area contributed by atoms with E-state index in [0.29, 0.717) is 19.1 Å². The molecule has 0 amide bonds. The Morgan fingerprint density at radius 2 is 2.38 bits per heavy atom. The zero-order chi connectivity index (χ0) is 12.0. The maximum Gasteiger partial charge on any atom is 0.187 e. The molecule has 16 heavy (non-hydrogen) atoms. The molecule has 90 valence electrons. The van der Waals surface area contributed by atoms with Crippen LogP contribution in [0.5, 0.6) is 0 Å². The van der Waals surface area contributed by atoms with Crippen LogP contribution in [0, 0.1) is 5.41 Å². The normalized spacial score (nSPS) is 26.9. The molecular formula is C13H21NO2. The van der Waals surface area contributed by atoms with Gasteiger partial charge < -0.3 is 15.2 Å². The lowest BCUT2D eigenvalue weighted by Crippen LogP contribution is -2.23. The Morgan fingerprint density at radius 3 is 2.88 bits per heavy atom. The summed E-state index contributed by atoms with van der Waals surface area (Å²) in [7, 11) is 0. The van der Waals surface area contributed by atoms with Gasteiger partial charge in [-0.3, -0.25) is 0 Å². The molecule has 1 atom stereocenters. The lowest BCUT2D eigenvalue weighted by molar-refractivity contribution is 0.166. The van der Waals surface area contributed by atoms with Crippen LogP contribution in [0.25, 0.3) is 0 Å². The maximum absolute atomic E-state index is 5.95. The van der Waals surface area contributed by atoms with Crippen LogP contribution in [-0.4, -0.2) is 19.8 Å². The minimum atomic E-state index is -0.0429. The first kappa shape index (κ1) is 12.8. The van der Waals surface area contributed by atoms with Gasteiger partial charge in [0.2, 0.25) is 0 Å². The van der Waals surface area contributed by atoms with Gasteiger partial charge in [0.15, 0.2) is 5.88 Å². The molecule has 0 bridgehead atoms. The summed E-state index contributed by atoms with van der Waals surface area (Å²) in [5.41, 5.74) is 6.91. The van der Waals surface area contributed by atoms with Crippen molar-refractivity contribution in [3.63, 3.8) is 0 Å². The van der Waals surface area contributed by atoms with E-state index in [-0.39, 0.29) is 5.41 Å². The topological polar surface area (TPSA) is 44.5 Å². The first-order valence-electron chi connectivity index (χ1n) is 5.64. The van der Waals surface area contributed by atoms with Crippen LogP contribution in [0.15, 0.2) is 36.3 Å². The van der Waals surface area contributed by atoms with Crippen molar-refractivity contribution in [1.29, 1.82) is 0 Å². The molecule has 0 spiro atoms. The fraction of sp³-hybridized carbons (Fsp3) is 0.538. The Bertz CT molecular complexity index is 299. The molecule has 1 fully saturated rings. The van der Waals surface area contributed by atoms with Crippen molar-refractivity contribution in [3.05, 3.63) is 36.3 Å². The Kier molecular flexibility index (Phi) is 4.62. The highest BCUT2D eigenvalue weighted by Crippen LogP contribution is 2.37. The molecular weight excluding hydrogens is 202 g/mol. The highest BCUT2D eigenvalue weighted by molar-refractivity contribution is 5.31. The summed E-state index contributed by atoms with van der Waals surface area (Å²) in [5, 5.41) is 0. The van der Waals surface area contributed by atoms with Gasteiger partial charge in [0.05, 0.1) is 13.2 Å². The van der Waals surface area contributed by atoms with E-state index in [1.165, 1.54) is 0 Å². The van der Waals surface area contributed by atoms with Crippen molar-refractivity contribution in [3.8, 4) is 0 Å². The van der Waals surface area contributed by atoms with Crippen LogP contribution >= 0.6 is 0 Å². The number of allylic oxidation sites excluding steroid dienone is 3. The van der Waals surface area contributed by atoms with E-state index in [1.54, 1.807) is 6.08 Å². The van der Waals surface area contributed by atoms with E-state index >= 15 is 0 Å². The minimum Gasteiger partial charge on any atom is -0.479 e. The third-order valence-corrected chi connectivity index (χ3v) is 2.83. The van der Waals surface area contributed by atoms with E-state index < -0.39 is 0 Å². The van der Waals surface area contributed by atoms with Crippen molar-refractivity contribution in [2.45, 2.75) is 20.3 Å². The van der Waals surface area contributed by atoms with Gasteiger partial charge in [-0.1, -0.05) is 31.7 Å². The molecule has 1 unspecified atom stereocenters. The third-order valence-electron chi connectivity index (χ3n) is 2.83. The van der Waals surface area contributed by atoms with Crippen LogP contribution in [0.1, 0.15) is 20.3 Å². The standard InChI is InChI=1S/C13H21NO2/c1-4-6-7-11(12(14)16-5-2)13(3)8-9-15-10-13/h4,6-7H,1,5,8-10,14H2,2-3H3/b7-6+,12-11-. The summed E-state index contributed by atoms with van der Waals surface area (Å²) >= 11 is 0. The Labute approximate surface area is 97.6 Å². The SMILES string of the molecule is C=C/C=C/C(=C(\N)OCC)C1(C)CCOC1. The molecule has 0 aromatic carbocycles. The molecule has 3 heteroatoms. The van der Waals surface area contributed by atoms with Gasteiger partial charge in [-0.15, -0.1) is 0 Å². The van der Waals surface area contributed by atoms with E-state index in [4.69, 9.17) is 15.2 Å². The molecule has 1 rings (SSSR count). The predicted octanol–water partition coefficient (Wildman–Crippen LogP) is 2.36. The lowest BCUT2D eigenvalue weighted by Gasteiger charge is -2.25. The van der Waals surface area contributed by atoms with E-state index in [2.05, 4.69) is 13.5 Å². The summed E-state index contributed by atoms with van der Waals surface area (Å²) in [6.07, 6.45) is 6.55. The van der Waals surface area contributed by atoms with Gasteiger partial charge in [-0.05, 0) is 13.3 Å². The van der Waals surface area contributed by atoms with Crippen LogP contribution in [0.2, 0.25) is 0 Å². The quantitative estimate of drug-likeness (QED) is 0.575. The Hall–Kier alpha value is -1.22. The predicted molar refractivity (Wildman–Crippen MR) is 65.7 cm³/mol. The molecule has 0 aromatic heterocycles. The average molecular weight is 223 g/mol. The molecule has 1 aliphatic heterocycles. The Morgan fingerprint density at radius 1 is 1.62 bits per heavy atom. The fourth-order valence-electron chi connectivity index (χ4n) is 1.86. The molecule has 0 saturated carbocycles. The highest BCUT2D eigenvalue weighted by Gasteiger charge is 2.34. The average Bonchev–Trinajstić information content (AvgIpc) is 2.67. The minimum absolute atomic E-state index is 0.0429. The number of rotatable bonds is 5. The second kappa shape index (κ2) is 5.75. The zero-order valence-corrected chi connectivity index (χ0v) is 10.2. The molecule has 3 nitrogen and oxygen atoms in total. The van der Waals surface area contributed by atoms with E-state index in [1.807, 2.05) is 19.1 Å². The highest BCUT2D eigenvalue weighted by atomic mass is 16.5. The molecule has 2 N–H and O–H groups in total. The zero-order valence-electron chi connectivity index (χ0n) is 10.2. The van der Waals surface area contributed by atoms with Crippen LogP contribution in [-0.2, 0) is 9.47 Å². The summed E-state index contributed by atoms with van der Waals surface area (Å²) in [5.74, 6) is 0.494. The maximum atomic E-state index is 5.95. The second-order valence-electron chi connectivity index (χ2n) is 4.17. The largest absolute Gasteiger partial charge is 0.479 e. The van der Waals surface area contributed by atoms with Gasteiger partial charge in [0.25, 0.3) is 0 Å². The van der Waals surface area contributed by atoms with Crippen molar-refractivity contribution in [1.82, 2.24) is 0 Å². The van der Waals surface area contributed by atoms with Gasteiger partial charge in [0, 0.05) is 17.6 Å². The number of hydrogen-bond donors (Lipinski definition) is 1. The molecule has 1 saturated heterocycles. The summed E-state index contributed by atoms with van der Waals surface area (Å²) < 4.78 is 10.8. The van der Waals surface area contributed by atoms with Gasteiger partial charge in [-0.2, -0.15) is 0 Å². The van der Waals surface area contributed by atoms with Crippen molar-refractivity contribution in [2.75, 3.05) is 19.8 Å². The van der Waals surface area contributed by atoms with Crippen LogP contribution in [0.4, 0.5) is 0 Å². The smallest absolute Gasteiger partial charge is 0.187 e. The van der Waals surface area contributed by atoms with Gasteiger partial charge in [-0.25, -0.2) is 0 Å². The lowest BCUT2D eigenvalue weighted by atomic mass is 9.81. The molecule has 1 heterocycles. The van der Waals surface area contributed by atoms with E-state index in [9.17, 15) is 0 Å². The van der Waals surface area contributed by atoms with Gasteiger partial charge in [0.1, 0.15) is 0 Å². The second-order valence-corrected chi connectivity index (χ2v) is 4.17. The summed E-state index contributed by atoms with van der Waals surface area (Å²) in [6, 6.07) is 0. The molecule has 0 radical (unpaired) electrons. The number of hydrogen-bond acceptors (Lipinski definition) is 3. The first-order valence-corrected chi connectivity index (χ1v) is 5.64. The Balaban J connectivity index is 2.98. The van der Waals surface area contributed by atoms with Crippen molar-refractivity contribution >= 4 is 0 Å². The van der Waals surface area contributed by atoms with Crippen molar-refractivity contribution in [2.24, 2.45) is 11.1 Å². The molecule has 0 aromatic rings. The summed E-state index contributed by atoms with van der Waals surface area (Å²) in [6.45, 7) is 9.79. The van der Waals surface area contributed by atoms with Gasteiger partial charge >= 0.3 is 0 Å². The first-order chi connectivity index (χ1) is 7.64. The van der Waals surface area contributed by atoms with Crippen LogP contribution < -0.4 is 5.73 Å². The van der Waals surface area contributed by atoms with Crippen LogP contribution in [0.3, 0.4) is 0 Å². The fourth-order valence-corrected chi connectivity index (χ4v) is 1.86. The van der Waals surface area contributed by atoms with Crippen molar-refractivity contribution < 1.29 is 9.47 Å². The molecule has 1 aliphatic rings. The summed E-state index contributed by atoms with van der Waals surface area (Å²) in [4.78, 5) is 0. The number of nitrogens with two attached hydrogens (primary N) is 1. The van der Waals surface area contributed by atoms with E-state index in [0.717, 1.165) is 18.6 Å². The third kappa shape index (κ3) is 2.89.